The number of furan rings is 1. The Morgan fingerprint density at radius 1 is 1.25 bits per heavy atom. The van der Waals surface area contributed by atoms with E-state index < -0.39 is 25.5 Å². The number of carboxylic acids is 1. The third kappa shape index (κ3) is 2.67. The molecule has 0 atom stereocenters. The number of rotatable bonds is 3. The van der Waals surface area contributed by atoms with E-state index >= 15 is 0 Å². The van der Waals surface area contributed by atoms with E-state index in [-0.39, 0.29) is 11.5 Å². The van der Waals surface area contributed by atoms with Gasteiger partial charge in [-0.3, -0.25) is 0 Å². The summed E-state index contributed by atoms with van der Waals surface area (Å²) >= 11 is 5.75. The van der Waals surface area contributed by atoms with E-state index in [9.17, 15) is 13.2 Å². The van der Waals surface area contributed by atoms with E-state index in [0.29, 0.717) is 10.6 Å². The Hall–Kier alpha value is -1.50. The molecule has 0 saturated carbocycles. The van der Waals surface area contributed by atoms with E-state index in [1.165, 1.54) is 31.2 Å². The Labute approximate surface area is 124 Å². The molecule has 106 valence electrons. The van der Waals surface area contributed by atoms with Gasteiger partial charge in [-0.2, -0.15) is 0 Å². The molecule has 0 radical (unpaired) electrons. The van der Waals surface area contributed by atoms with Crippen molar-refractivity contribution in [3.8, 4) is 11.3 Å². The highest BCUT2D eigenvalue weighted by Crippen LogP contribution is 2.37. The number of carbonyl (C=O) groups is 1. The van der Waals surface area contributed by atoms with Crippen LogP contribution in [-0.2, 0) is 9.05 Å². The maximum Gasteiger partial charge on any atom is 0.340 e. The molecule has 0 unspecified atom stereocenters. The summed E-state index contributed by atoms with van der Waals surface area (Å²) in [7, 11) is 1.05. The van der Waals surface area contributed by atoms with Gasteiger partial charge in [-0.15, -0.1) is 0 Å². The van der Waals surface area contributed by atoms with Crippen LogP contribution in [0.25, 0.3) is 11.3 Å². The lowest BCUT2D eigenvalue weighted by atomic mass is 10.1. The van der Waals surface area contributed by atoms with Crippen molar-refractivity contribution in [2.45, 2.75) is 11.8 Å². The van der Waals surface area contributed by atoms with Gasteiger partial charge in [-0.25, -0.2) is 13.2 Å². The second-order valence-electron chi connectivity index (χ2n) is 3.94. The molecule has 1 N–H and O–H groups in total. The largest absolute Gasteiger partial charge is 0.478 e. The molecule has 0 aliphatic rings. The van der Waals surface area contributed by atoms with Gasteiger partial charge >= 0.3 is 5.97 Å². The first kappa shape index (κ1) is 14.9. The lowest BCUT2D eigenvalue weighted by molar-refractivity contribution is 0.0691. The topological polar surface area (TPSA) is 84.6 Å². The first-order valence-corrected chi connectivity index (χ1v) is 7.98. The van der Waals surface area contributed by atoms with Crippen LogP contribution in [0.1, 0.15) is 16.1 Å². The maximum atomic E-state index is 11.6. The number of hydrogen-bond acceptors (Lipinski definition) is 4. The van der Waals surface area contributed by atoms with E-state index in [1.54, 1.807) is 0 Å². The third-order valence-corrected chi connectivity index (χ3v) is 4.20. The van der Waals surface area contributed by atoms with Gasteiger partial charge in [0.05, 0.1) is 0 Å². The molecule has 0 fully saturated rings. The van der Waals surface area contributed by atoms with Crippen molar-refractivity contribution in [1.29, 1.82) is 0 Å². The van der Waals surface area contributed by atoms with Crippen molar-refractivity contribution in [2.24, 2.45) is 0 Å². The molecular formula is C12H8Cl2O5S. The third-order valence-electron chi connectivity index (χ3n) is 2.60. The molecule has 2 rings (SSSR count). The Kier molecular flexibility index (Phi) is 3.82. The second-order valence-corrected chi connectivity index (χ2v) is 6.88. The van der Waals surface area contributed by atoms with Crippen molar-refractivity contribution in [1.82, 2.24) is 0 Å². The monoisotopic (exact) mass is 334 g/mol. The quantitative estimate of drug-likeness (QED) is 0.868. The Morgan fingerprint density at radius 2 is 1.80 bits per heavy atom. The second kappa shape index (κ2) is 5.12. The highest BCUT2D eigenvalue weighted by Gasteiger charge is 2.31. The predicted molar refractivity (Wildman–Crippen MR) is 73.9 cm³/mol. The summed E-state index contributed by atoms with van der Waals surface area (Å²) in [5.41, 5.74) is -0.103. The van der Waals surface area contributed by atoms with E-state index in [1.807, 2.05) is 0 Å². The lowest BCUT2D eigenvalue weighted by Gasteiger charge is -2.01. The fraction of sp³-hybridized carbons (Fsp3) is 0.0833. The summed E-state index contributed by atoms with van der Waals surface area (Å²) in [6.45, 7) is 1.36. The molecular weight excluding hydrogens is 327 g/mol. The lowest BCUT2D eigenvalue weighted by Crippen LogP contribution is -2.04. The molecule has 0 spiro atoms. The van der Waals surface area contributed by atoms with E-state index in [4.69, 9.17) is 31.8 Å². The number of halogens is 2. The average molecular weight is 335 g/mol. The van der Waals surface area contributed by atoms with Crippen molar-refractivity contribution >= 4 is 37.3 Å². The van der Waals surface area contributed by atoms with Crippen molar-refractivity contribution in [3.63, 3.8) is 0 Å². The Bertz CT molecular complexity index is 775. The summed E-state index contributed by atoms with van der Waals surface area (Å²) in [6.07, 6.45) is 0. The minimum atomic E-state index is -4.28. The number of aromatic carboxylic acids is 1. The molecule has 1 heterocycles. The van der Waals surface area contributed by atoms with Crippen LogP contribution in [-0.4, -0.2) is 19.5 Å². The van der Waals surface area contributed by atoms with Gasteiger partial charge in [0, 0.05) is 21.3 Å². The van der Waals surface area contributed by atoms with Crippen LogP contribution in [0.2, 0.25) is 5.02 Å². The zero-order valence-corrected chi connectivity index (χ0v) is 12.4. The molecule has 2 aromatic rings. The van der Waals surface area contributed by atoms with Crippen molar-refractivity contribution < 1.29 is 22.7 Å². The normalized spacial score (nSPS) is 11.6. The van der Waals surface area contributed by atoms with E-state index in [2.05, 4.69) is 0 Å². The summed E-state index contributed by atoms with van der Waals surface area (Å²) in [4.78, 5) is 10.6. The van der Waals surface area contributed by atoms with Gasteiger partial charge in [-0.05, 0) is 31.2 Å². The molecule has 0 amide bonds. The molecule has 1 aromatic heterocycles. The van der Waals surface area contributed by atoms with Gasteiger partial charge in [0.25, 0.3) is 9.05 Å². The number of aryl methyl sites for hydroxylation is 1. The average Bonchev–Trinajstić information content (AvgIpc) is 2.67. The van der Waals surface area contributed by atoms with Gasteiger partial charge in [0.15, 0.2) is 5.76 Å². The number of benzene rings is 1. The SMILES string of the molecule is Cc1oc(-c2ccc(Cl)cc2)c(S(=O)(=O)Cl)c1C(=O)O. The first-order valence-electron chi connectivity index (χ1n) is 5.29. The van der Waals surface area contributed by atoms with Gasteiger partial charge in [0.1, 0.15) is 16.2 Å². The van der Waals surface area contributed by atoms with Crippen LogP contribution in [0.15, 0.2) is 33.6 Å². The molecule has 0 saturated heterocycles. The Morgan fingerprint density at radius 3 is 2.25 bits per heavy atom. The van der Waals surface area contributed by atoms with Gasteiger partial charge in [-0.1, -0.05) is 11.6 Å². The highest BCUT2D eigenvalue weighted by atomic mass is 35.7. The van der Waals surface area contributed by atoms with Crippen LogP contribution >= 0.6 is 22.3 Å². The van der Waals surface area contributed by atoms with E-state index in [0.717, 1.165) is 0 Å². The van der Waals surface area contributed by atoms with Crippen LogP contribution in [0.3, 0.4) is 0 Å². The van der Waals surface area contributed by atoms with Crippen molar-refractivity contribution in [3.05, 3.63) is 40.6 Å². The predicted octanol–water partition coefficient (Wildman–Crippen LogP) is 3.53. The molecule has 20 heavy (non-hydrogen) atoms. The van der Waals surface area contributed by atoms with Crippen LogP contribution < -0.4 is 0 Å². The molecule has 0 aliphatic carbocycles. The molecule has 8 heteroatoms. The summed E-state index contributed by atoms with van der Waals surface area (Å²) in [5, 5.41) is 9.56. The smallest absolute Gasteiger partial charge is 0.340 e. The molecule has 0 bridgehead atoms. The van der Waals surface area contributed by atoms with Gasteiger partial charge in [0.2, 0.25) is 0 Å². The molecule has 0 aliphatic heterocycles. The zero-order chi connectivity index (χ0) is 15.1. The van der Waals surface area contributed by atoms with Crippen LogP contribution in [0.5, 0.6) is 0 Å². The van der Waals surface area contributed by atoms with Crippen molar-refractivity contribution in [2.75, 3.05) is 0 Å². The fourth-order valence-corrected chi connectivity index (χ4v) is 3.22. The minimum Gasteiger partial charge on any atom is -0.478 e. The van der Waals surface area contributed by atoms with Crippen LogP contribution in [0, 0.1) is 6.92 Å². The molecule has 1 aromatic carbocycles. The first-order chi connectivity index (χ1) is 9.21. The summed E-state index contributed by atoms with van der Waals surface area (Å²) in [5.74, 6) is -1.58. The highest BCUT2D eigenvalue weighted by molar-refractivity contribution is 8.14. The van der Waals surface area contributed by atoms with Crippen LogP contribution in [0.4, 0.5) is 0 Å². The summed E-state index contributed by atoms with van der Waals surface area (Å²) < 4.78 is 28.6. The van der Waals surface area contributed by atoms with Gasteiger partial charge < -0.3 is 9.52 Å². The molecule has 5 nitrogen and oxygen atoms in total. The standard InChI is InChI=1S/C12H8Cl2O5S/c1-6-9(12(15)16)11(20(14,17)18)10(19-6)7-2-4-8(13)5-3-7/h2-5H,1H3,(H,15,16). The zero-order valence-electron chi connectivity index (χ0n) is 10.1. The maximum absolute atomic E-state index is 11.6. The minimum absolute atomic E-state index is 0.0401. The fourth-order valence-electron chi connectivity index (χ4n) is 1.80. The number of hydrogen-bond donors (Lipinski definition) is 1. The Balaban J connectivity index is 2.81. The number of carboxylic acid groups (broad SMARTS) is 1. The summed E-state index contributed by atoms with van der Waals surface area (Å²) in [6, 6.07) is 6.08.